The molecule has 0 aliphatic heterocycles. The Bertz CT molecular complexity index is 653. The Labute approximate surface area is 121 Å². The molecule has 5 heteroatoms. The summed E-state index contributed by atoms with van der Waals surface area (Å²) in [5.41, 5.74) is 1.23. The molecule has 0 aliphatic carbocycles. The highest BCUT2D eigenvalue weighted by molar-refractivity contribution is 5.94. The molecule has 0 saturated carbocycles. The van der Waals surface area contributed by atoms with Gasteiger partial charge in [0.25, 0.3) is 0 Å². The summed E-state index contributed by atoms with van der Waals surface area (Å²) in [6.45, 7) is 0. The Morgan fingerprint density at radius 1 is 1.05 bits per heavy atom. The smallest absolute Gasteiger partial charge is 0.335 e. The van der Waals surface area contributed by atoms with E-state index in [1.54, 1.807) is 0 Å². The zero-order chi connectivity index (χ0) is 15.2. The summed E-state index contributed by atoms with van der Waals surface area (Å²) in [4.78, 5) is 22.6. The fourth-order valence-corrected chi connectivity index (χ4v) is 1.89. The molecular formula is C16H15NO4. The highest BCUT2D eigenvalue weighted by Crippen LogP contribution is 2.24. The third-order valence-corrected chi connectivity index (χ3v) is 3.00. The molecule has 3 N–H and O–H groups in total. The SMILES string of the molecule is O=C(CCc1ccccc1)Nc1ccc(C(=O)O)cc1O. The lowest BCUT2D eigenvalue weighted by molar-refractivity contribution is -0.116. The minimum atomic E-state index is -1.13. The van der Waals surface area contributed by atoms with Crippen molar-refractivity contribution in [2.75, 3.05) is 5.32 Å². The van der Waals surface area contributed by atoms with Crippen molar-refractivity contribution in [1.29, 1.82) is 0 Å². The number of hydrogen-bond acceptors (Lipinski definition) is 3. The van der Waals surface area contributed by atoms with Gasteiger partial charge in [-0.1, -0.05) is 30.3 Å². The van der Waals surface area contributed by atoms with Gasteiger partial charge < -0.3 is 15.5 Å². The number of nitrogens with one attached hydrogen (secondary N) is 1. The highest BCUT2D eigenvalue weighted by Gasteiger charge is 2.10. The van der Waals surface area contributed by atoms with E-state index in [1.807, 2.05) is 30.3 Å². The normalized spacial score (nSPS) is 10.1. The molecule has 0 fully saturated rings. The van der Waals surface area contributed by atoms with Crippen LogP contribution in [0.2, 0.25) is 0 Å². The number of amides is 1. The van der Waals surface area contributed by atoms with Crippen LogP contribution in [0.25, 0.3) is 0 Å². The third kappa shape index (κ3) is 4.07. The van der Waals surface area contributed by atoms with E-state index in [0.717, 1.165) is 11.6 Å². The first-order chi connectivity index (χ1) is 10.1. The zero-order valence-electron chi connectivity index (χ0n) is 11.2. The van der Waals surface area contributed by atoms with Crippen molar-refractivity contribution in [1.82, 2.24) is 0 Å². The molecule has 0 unspecified atom stereocenters. The second kappa shape index (κ2) is 6.56. The standard InChI is InChI=1S/C16H15NO4/c18-14-10-12(16(20)21)7-8-13(14)17-15(19)9-6-11-4-2-1-3-5-11/h1-5,7-8,10,18H,6,9H2,(H,17,19)(H,20,21). The van der Waals surface area contributed by atoms with Crippen LogP contribution >= 0.6 is 0 Å². The van der Waals surface area contributed by atoms with Gasteiger partial charge >= 0.3 is 5.97 Å². The van der Waals surface area contributed by atoms with Crippen molar-refractivity contribution < 1.29 is 19.8 Å². The van der Waals surface area contributed by atoms with Crippen LogP contribution < -0.4 is 5.32 Å². The van der Waals surface area contributed by atoms with Gasteiger partial charge in [-0.3, -0.25) is 4.79 Å². The lowest BCUT2D eigenvalue weighted by atomic mass is 10.1. The Morgan fingerprint density at radius 2 is 1.76 bits per heavy atom. The van der Waals surface area contributed by atoms with E-state index >= 15 is 0 Å². The van der Waals surface area contributed by atoms with E-state index in [1.165, 1.54) is 12.1 Å². The Hall–Kier alpha value is -2.82. The molecule has 0 aliphatic rings. The third-order valence-electron chi connectivity index (χ3n) is 3.00. The molecule has 0 aromatic heterocycles. The van der Waals surface area contributed by atoms with Crippen LogP contribution in [0.15, 0.2) is 48.5 Å². The molecule has 2 rings (SSSR count). The summed E-state index contributed by atoms with van der Waals surface area (Å²) < 4.78 is 0. The molecule has 21 heavy (non-hydrogen) atoms. The van der Waals surface area contributed by atoms with Gasteiger partial charge in [0.1, 0.15) is 5.75 Å². The molecule has 0 radical (unpaired) electrons. The van der Waals surface area contributed by atoms with Gasteiger partial charge in [0, 0.05) is 6.42 Å². The number of hydrogen-bond donors (Lipinski definition) is 3. The van der Waals surface area contributed by atoms with Crippen molar-refractivity contribution in [2.45, 2.75) is 12.8 Å². The minimum absolute atomic E-state index is 0.0326. The maximum absolute atomic E-state index is 11.8. The second-order valence-electron chi connectivity index (χ2n) is 4.57. The number of rotatable bonds is 5. The molecule has 0 bridgehead atoms. The lowest BCUT2D eigenvalue weighted by Crippen LogP contribution is -2.12. The van der Waals surface area contributed by atoms with E-state index in [9.17, 15) is 14.7 Å². The topological polar surface area (TPSA) is 86.6 Å². The number of phenolic OH excluding ortho intramolecular Hbond substituents is 1. The van der Waals surface area contributed by atoms with E-state index in [4.69, 9.17) is 5.11 Å². The summed E-state index contributed by atoms with van der Waals surface area (Å²) in [5.74, 6) is -1.63. The van der Waals surface area contributed by atoms with Gasteiger partial charge in [-0.05, 0) is 30.2 Å². The van der Waals surface area contributed by atoms with Crippen LogP contribution in [0.3, 0.4) is 0 Å². The number of benzene rings is 2. The van der Waals surface area contributed by atoms with Gasteiger partial charge in [-0.25, -0.2) is 4.79 Å². The molecule has 1 amide bonds. The number of aromatic hydroxyl groups is 1. The van der Waals surface area contributed by atoms with Crippen LogP contribution in [-0.2, 0) is 11.2 Å². The zero-order valence-corrected chi connectivity index (χ0v) is 11.2. The number of aryl methyl sites for hydroxylation is 1. The van der Waals surface area contributed by atoms with Crippen molar-refractivity contribution >= 4 is 17.6 Å². The monoisotopic (exact) mass is 285 g/mol. The van der Waals surface area contributed by atoms with Crippen LogP contribution in [0, 0.1) is 0 Å². The summed E-state index contributed by atoms with van der Waals surface area (Å²) >= 11 is 0. The molecule has 0 heterocycles. The number of carboxylic acids is 1. The molecule has 0 spiro atoms. The van der Waals surface area contributed by atoms with E-state index in [2.05, 4.69) is 5.32 Å². The fraction of sp³-hybridized carbons (Fsp3) is 0.125. The number of carbonyl (C=O) groups excluding carboxylic acids is 1. The Balaban J connectivity index is 1.95. The Kier molecular flexibility index (Phi) is 4.56. The Morgan fingerprint density at radius 3 is 2.38 bits per heavy atom. The maximum atomic E-state index is 11.8. The average molecular weight is 285 g/mol. The van der Waals surface area contributed by atoms with Crippen LogP contribution in [0.5, 0.6) is 5.75 Å². The summed E-state index contributed by atoms with van der Waals surface area (Å²) in [7, 11) is 0. The van der Waals surface area contributed by atoms with Crippen molar-refractivity contribution in [3.63, 3.8) is 0 Å². The molecule has 5 nitrogen and oxygen atoms in total. The van der Waals surface area contributed by atoms with Crippen LogP contribution in [0.4, 0.5) is 5.69 Å². The van der Waals surface area contributed by atoms with E-state index < -0.39 is 5.97 Å². The molecule has 2 aromatic carbocycles. The van der Waals surface area contributed by atoms with Crippen LogP contribution in [-0.4, -0.2) is 22.1 Å². The quantitative estimate of drug-likeness (QED) is 0.737. The lowest BCUT2D eigenvalue weighted by Gasteiger charge is -2.08. The number of phenols is 1. The number of carbonyl (C=O) groups is 2. The predicted molar refractivity (Wildman–Crippen MR) is 78.5 cm³/mol. The summed E-state index contributed by atoms with van der Waals surface area (Å²) in [5, 5.41) is 21.1. The van der Waals surface area contributed by atoms with Gasteiger partial charge in [0.2, 0.25) is 5.91 Å². The van der Waals surface area contributed by atoms with Crippen molar-refractivity contribution in [3.8, 4) is 5.75 Å². The van der Waals surface area contributed by atoms with E-state index in [-0.39, 0.29) is 29.3 Å². The number of anilines is 1. The predicted octanol–water partition coefficient (Wildman–Crippen LogP) is 2.66. The molecule has 0 atom stereocenters. The van der Waals surface area contributed by atoms with Crippen molar-refractivity contribution in [3.05, 3.63) is 59.7 Å². The number of carboxylic acid groups (broad SMARTS) is 1. The first kappa shape index (κ1) is 14.6. The number of aromatic carboxylic acids is 1. The largest absolute Gasteiger partial charge is 0.506 e. The average Bonchev–Trinajstić information content (AvgIpc) is 2.48. The van der Waals surface area contributed by atoms with Crippen molar-refractivity contribution in [2.24, 2.45) is 0 Å². The van der Waals surface area contributed by atoms with Crippen LogP contribution in [0.1, 0.15) is 22.3 Å². The fourth-order valence-electron chi connectivity index (χ4n) is 1.89. The highest BCUT2D eigenvalue weighted by atomic mass is 16.4. The maximum Gasteiger partial charge on any atom is 0.335 e. The summed E-state index contributed by atoms with van der Waals surface area (Å²) in [6, 6.07) is 13.4. The first-order valence-electron chi connectivity index (χ1n) is 6.46. The molecule has 0 saturated heterocycles. The first-order valence-corrected chi connectivity index (χ1v) is 6.46. The van der Waals surface area contributed by atoms with Gasteiger partial charge in [-0.15, -0.1) is 0 Å². The van der Waals surface area contributed by atoms with Gasteiger partial charge in [-0.2, -0.15) is 0 Å². The van der Waals surface area contributed by atoms with Gasteiger partial charge in [0.05, 0.1) is 11.3 Å². The molecule has 108 valence electrons. The second-order valence-corrected chi connectivity index (χ2v) is 4.57. The van der Waals surface area contributed by atoms with E-state index in [0.29, 0.717) is 6.42 Å². The minimum Gasteiger partial charge on any atom is -0.506 e. The molecule has 2 aromatic rings. The van der Waals surface area contributed by atoms with Gasteiger partial charge in [0.15, 0.2) is 0 Å². The molecular weight excluding hydrogens is 270 g/mol. The summed E-state index contributed by atoms with van der Waals surface area (Å²) in [6.07, 6.45) is 0.880.